The number of amides is 2. The molecule has 2 aromatic rings. The molecule has 1 aliphatic carbocycles. The molecule has 2 aliphatic rings. The Labute approximate surface area is 221 Å². The molecular weight excluding hydrogens is 464 g/mol. The molecule has 0 radical (unpaired) electrons. The van der Waals surface area contributed by atoms with Crippen LogP contribution in [0.5, 0.6) is 0 Å². The number of carbonyl (C=O) groups is 2. The first-order valence-corrected chi connectivity index (χ1v) is 14.0. The molecule has 1 aliphatic heterocycles. The first-order valence-electron chi connectivity index (χ1n) is 14.0. The molecule has 2 unspecified atom stereocenters. The Balaban J connectivity index is 1.47. The number of aliphatic hydroxyl groups excluding tert-OH is 1. The summed E-state index contributed by atoms with van der Waals surface area (Å²) in [5, 5.41) is 21.0. The molecule has 1 saturated carbocycles. The lowest BCUT2D eigenvalue weighted by Crippen LogP contribution is -2.49. The van der Waals surface area contributed by atoms with E-state index in [1.807, 2.05) is 49.4 Å². The van der Waals surface area contributed by atoms with Crippen molar-refractivity contribution in [2.45, 2.75) is 70.4 Å². The van der Waals surface area contributed by atoms with Gasteiger partial charge in [-0.25, -0.2) is 0 Å². The molecule has 4 rings (SSSR count). The highest BCUT2D eigenvalue weighted by Gasteiger charge is 2.26. The number of nitrogens with one attached hydrogen (secondary N) is 3. The highest BCUT2D eigenvalue weighted by molar-refractivity contribution is 6.00. The van der Waals surface area contributed by atoms with Crippen molar-refractivity contribution in [3.63, 3.8) is 0 Å². The maximum absolute atomic E-state index is 13.5. The van der Waals surface area contributed by atoms with Crippen LogP contribution in [0.4, 0.5) is 11.4 Å². The van der Waals surface area contributed by atoms with E-state index < -0.39 is 12.1 Å². The van der Waals surface area contributed by atoms with Crippen LogP contribution in [0.2, 0.25) is 0 Å². The van der Waals surface area contributed by atoms with Crippen molar-refractivity contribution >= 4 is 23.2 Å². The van der Waals surface area contributed by atoms with E-state index in [1.165, 1.54) is 32.1 Å². The van der Waals surface area contributed by atoms with Gasteiger partial charge in [-0.3, -0.25) is 9.59 Å². The average Bonchev–Trinajstić information content (AvgIpc) is 3.35. The predicted octanol–water partition coefficient (Wildman–Crippen LogP) is 4.12. The van der Waals surface area contributed by atoms with Gasteiger partial charge in [0, 0.05) is 43.0 Å². The lowest BCUT2D eigenvalue weighted by atomic mass is 9.89. The Morgan fingerprint density at radius 2 is 1.86 bits per heavy atom. The first-order chi connectivity index (χ1) is 18.0. The monoisotopic (exact) mass is 506 g/mol. The quantitative estimate of drug-likeness (QED) is 0.348. The second-order valence-electron chi connectivity index (χ2n) is 10.4. The minimum atomic E-state index is -0.732. The van der Waals surface area contributed by atoms with Gasteiger partial charge in [0.1, 0.15) is 0 Å². The lowest BCUT2D eigenvalue weighted by Gasteiger charge is -2.27. The maximum atomic E-state index is 13.5. The zero-order valence-electron chi connectivity index (χ0n) is 22.0. The molecule has 7 nitrogen and oxygen atoms in total. The summed E-state index contributed by atoms with van der Waals surface area (Å²) in [6, 6.07) is 15.0. The second-order valence-corrected chi connectivity index (χ2v) is 10.4. The van der Waals surface area contributed by atoms with Crippen LogP contribution < -0.4 is 20.9 Å². The van der Waals surface area contributed by atoms with Crippen molar-refractivity contribution in [2.75, 3.05) is 36.4 Å². The Kier molecular flexibility index (Phi) is 9.97. The second kappa shape index (κ2) is 13.6. The summed E-state index contributed by atoms with van der Waals surface area (Å²) in [5.74, 6) is 0.505. The number of nitrogens with zero attached hydrogens (tertiary/aromatic N) is 1. The minimum absolute atomic E-state index is 0.0847. The van der Waals surface area contributed by atoms with Gasteiger partial charge in [-0.2, -0.15) is 0 Å². The number of benzene rings is 2. The van der Waals surface area contributed by atoms with Crippen molar-refractivity contribution in [1.29, 1.82) is 0 Å². The number of rotatable bonds is 12. The highest BCUT2D eigenvalue weighted by atomic mass is 16.3. The minimum Gasteiger partial charge on any atom is -0.390 e. The smallest absolute Gasteiger partial charge is 0.251 e. The van der Waals surface area contributed by atoms with Gasteiger partial charge in [-0.15, -0.1) is 0 Å². The Hall–Kier alpha value is -2.90. The van der Waals surface area contributed by atoms with Crippen molar-refractivity contribution < 1.29 is 14.7 Å². The van der Waals surface area contributed by atoms with Gasteiger partial charge in [-0.05, 0) is 68.8 Å². The molecule has 0 spiro atoms. The maximum Gasteiger partial charge on any atom is 0.251 e. The summed E-state index contributed by atoms with van der Waals surface area (Å²) in [6.45, 7) is 4.71. The molecule has 2 aromatic carbocycles. The summed E-state index contributed by atoms with van der Waals surface area (Å²) in [4.78, 5) is 27.6. The van der Waals surface area contributed by atoms with Gasteiger partial charge in [0.2, 0.25) is 5.91 Å². The van der Waals surface area contributed by atoms with Gasteiger partial charge in [0.25, 0.3) is 5.91 Å². The lowest BCUT2D eigenvalue weighted by molar-refractivity contribution is -0.117. The van der Waals surface area contributed by atoms with Gasteiger partial charge in [0.05, 0.1) is 12.1 Å². The number of hydrogen-bond donors (Lipinski definition) is 4. The van der Waals surface area contributed by atoms with E-state index in [2.05, 4.69) is 16.0 Å². The fourth-order valence-corrected chi connectivity index (χ4v) is 5.50. The van der Waals surface area contributed by atoms with Crippen molar-refractivity contribution in [2.24, 2.45) is 5.92 Å². The van der Waals surface area contributed by atoms with Crippen molar-refractivity contribution in [3.05, 3.63) is 59.7 Å². The largest absolute Gasteiger partial charge is 0.390 e. The molecule has 2 fully saturated rings. The molecule has 2 amide bonds. The predicted molar refractivity (Wildman–Crippen MR) is 149 cm³/mol. The van der Waals surface area contributed by atoms with Crippen molar-refractivity contribution in [1.82, 2.24) is 10.6 Å². The normalized spacial score (nSPS) is 18.0. The van der Waals surface area contributed by atoms with E-state index in [0.29, 0.717) is 44.0 Å². The Bertz CT molecular complexity index is 1020. The van der Waals surface area contributed by atoms with E-state index in [1.54, 1.807) is 11.0 Å². The van der Waals surface area contributed by atoms with E-state index in [4.69, 9.17) is 0 Å². The van der Waals surface area contributed by atoms with E-state index in [0.717, 1.165) is 29.9 Å². The molecule has 0 aromatic heterocycles. The van der Waals surface area contributed by atoms with Crippen LogP contribution in [0.1, 0.15) is 67.8 Å². The van der Waals surface area contributed by atoms with Crippen LogP contribution in [0, 0.1) is 5.92 Å². The fourth-order valence-electron chi connectivity index (χ4n) is 5.50. The average molecular weight is 507 g/mol. The molecule has 200 valence electrons. The van der Waals surface area contributed by atoms with Crippen LogP contribution in [0.15, 0.2) is 48.5 Å². The topological polar surface area (TPSA) is 93.7 Å². The zero-order valence-corrected chi connectivity index (χ0v) is 22.0. The van der Waals surface area contributed by atoms with Crippen LogP contribution in [0.3, 0.4) is 0 Å². The number of aliphatic hydroxyl groups is 1. The Morgan fingerprint density at radius 1 is 1.08 bits per heavy atom. The van der Waals surface area contributed by atoms with Crippen LogP contribution in [-0.2, 0) is 11.2 Å². The van der Waals surface area contributed by atoms with E-state index >= 15 is 0 Å². The summed E-state index contributed by atoms with van der Waals surface area (Å²) in [5.41, 5.74) is 3.08. The van der Waals surface area contributed by atoms with E-state index in [9.17, 15) is 14.7 Å². The summed E-state index contributed by atoms with van der Waals surface area (Å²) in [7, 11) is 0. The summed E-state index contributed by atoms with van der Waals surface area (Å²) >= 11 is 0. The fraction of sp³-hybridized carbons (Fsp3) is 0.533. The van der Waals surface area contributed by atoms with Crippen LogP contribution in [0.25, 0.3) is 0 Å². The molecule has 1 heterocycles. The van der Waals surface area contributed by atoms with Gasteiger partial charge >= 0.3 is 0 Å². The Morgan fingerprint density at radius 3 is 2.57 bits per heavy atom. The van der Waals surface area contributed by atoms with Gasteiger partial charge < -0.3 is 26.0 Å². The molecule has 37 heavy (non-hydrogen) atoms. The number of hydrogen-bond acceptors (Lipinski definition) is 5. The standard InChI is InChI=1S/C30H42N4O3/c1-2-32-25-17-24(18-26(19-25)34-15-9-14-29(34)36)30(37)33-27(16-22-10-5-3-6-11-22)28(35)21-31-20-23-12-7-4-8-13-23/h3,5-6,10-11,17-19,23,27-28,31-32,35H,2,4,7-9,12-16,20-21H2,1H3,(H,33,37). The third-order valence-corrected chi connectivity index (χ3v) is 7.54. The molecule has 0 bridgehead atoms. The molecule has 4 N–H and O–H groups in total. The molecule has 2 atom stereocenters. The molecule has 1 saturated heterocycles. The highest BCUT2D eigenvalue weighted by Crippen LogP contribution is 2.27. The van der Waals surface area contributed by atoms with Crippen molar-refractivity contribution in [3.8, 4) is 0 Å². The third-order valence-electron chi connectivity index (χ3n) is 7.54. The molecule has 7 heteroatoms. The SMILES string of the molecule is CCNc1cc(C(=O)NC(Cc2ccccc2)C(O)CNCC2CCCCC2)cc(N2CCCC2=O)c1. The van der Waals surface area contributed by atoms with E-state index in [-0.39, 0.29) is 11.8 Å². The molecular formula is C30H42N4O3. The number of carbonyl (C=O) groups excluding carboxylic acids is 2. The third kappa shape index (κ3) is 7.79. The van der Waals surface area contributed by atoms with Crippen LogP contribution >= 0.6 is 0 Å². The summed E-state index contributed by atoms with van der Waals surface area (Å²) < 4.78 is 0. The zero-order chi connectivity index (χ0) is 26.0. The first kappa shape index (κ1) is 27.1. The van der Waals surface area contributed by atoms with Crippen LogP contribution in [-0.4, -0.2) is 55.2 Å². The van der Waals surface area contributed by atoms with Gasteiger partial charge in [-0.1, -0.05) is 49.6 Å². The van der Waals surface area contributed by atoms with Gasteiger partial charge in [0.15, 0.2) is 0 Å². The number of anilines is 2. The summed E-state index contributed by atoms with van der Waals surface area (Å²) in [6.07, 6.45) is 7.56.